The van der Waals surface area contributed by atoms with E-state index < -0.39 is 23.9 Å². The van der Waals surface area contributed by atoms with E-state index in [0.717, 1.165) is 5.56 Å². The van der Waals surface area contributed by atoms with Gasteiger partial charge in [-0.25, -0.2) is 0 Å². The van der Waals surface area contributed by atoms with Crippen LogP contribution < -0.4 is 31.8 Å². The van der Waals surface area contributed by atoms with Crippen LogP contribution in [0.2, 0.25) is 13.1 Å². The van der Waals surface area contributed by atoms with Crippen LogP contribution in [0.5, 0.6) is 0 Å². The summed E-state index contributed by atoms with van der Waals surface area (Å²) in [4.78, 5) is 0. The minimum Gasteiger partial charge on any atom is -0.121 e. The van der Waals surface area contributed by atoms with Crippen molar-refractivity contribution in [1.82, 2.24) is 0 Å². The van der Waals surface area contributed by atoms with Gasteiger partial charge in [0.2, 0.25) is 0 Å². The summed E-state index contributed by atoms with van der Waals surface area (Å²) >= 11 is 0. The predicted molar refractivity (Wildman–Crippen MR) is 257 cm³/mol. The standard InChI is InChI=1S/2C18H15P.C18H18Si.Pt/c2*1-4-10-16(11-5-1)19(17-12-6-2-7-13-17)18-14-8-3-9-15-18;1-19(2,15-13-17-9-5-3-6-10-17)16-14-18-11-7-4-8-12-18;/h2*1-15H;3-13,15H,1-2H3;/b;;15-13+;. The molecule has 0 aliphatic carbocycles. The van der Waals surface area contributed by atoms with Crippen molar-refractivity contribution >= 4 is 61.8 Å². The normalized spacial score (nSPS) is 10.6. The summed E-state index contributed by atoms with van der Waals surface area (Å²) in [7, 11) is -2.50. The zero-order valence-electron chi connectivity index (χ0n) is 33.0. The van der Waals surface area contributed by atoms with E-state index in [0.29, 0.717) is 0 Å². The maximum Gasteiger partial charge on any atom is 0.156 e. The Labute approximate surface area is 364 Å². The monoisotopic (exact) mass is 981 g/mol. The smallest absolute Gasteiger partial charge is 0.121 e. The van der Waals surface area contributed by atoms with Gasteiger partial charge in [0.15, 0.2) is 8.07 Å². The Bertz CT molecular complexity index is 2100. The summed E-state index contributed by atoms with van der Waals surface area (Å²) in [6.45, 7) is 4.53. The van der Waals surface area contributed by atoms with Crippen LogP contribution in [0.4, 0.5) is 0 Å². The van der Waals surface area contributed by atoms with Gasteiger partial charge in [-0.1, -0.05) is 261 Å². The first-order valence-electron chi connectivity index (χ1n) is 19.3. The van der Waals surface area contributed by atoms with Gasteiger partial charge in [0.05, 0.1) is 0 Å². The molecule has 8 aromatic carbocycles. The number of benzene rings is 8. The average Bonchev–Trinajstić information content (AvgIpc) is 3.29. The minimum atomic E-state index is -1.61. The Morgan fingerprint density at radius 1 is 0.345 bits per heavy atom. The fourth-order valence-electron chi connectivity index (χ4n) is 6.02. The van der Waals surface area contributed by atoms with E-state index in [4.69, 9.17) is 0 Å². The van der Waals surface area contributed by atoms with Crippen molar-refractivity contribution in [3.05, 3.63) is 259 Å². The van der Waals surface area contributed by atoms with Crippen molar-refractivity contribution in [2.24, 2.45) is 0 Å². The van der Waals surface area contributed by atoms with Crippen LogP contribution in [0.25, 0.3) is 6.08 Å². The molecule has 0 radical (unpaired) electrons. The zero-order valence-corrected chi connectivity index (χ0v) is 38.0. The van der Waals surface area contributed by atoms with Crippen molar-refractivity contribution in [2.45, 2.75) is 13.1 Å². The average molecular weight is 982 g/mol. The van der Waals surface area contributed by atoms with E-state index in [1.165, 1.54) is 37.4 Å². The van der Waals surface area contributed by atoms with E-state index in [2.05, 4.69) is 255 Å². The fraction of sp³-hybridized carbons (Fsp3) is 0.0370. The second-order valence-electron chi connectivity index (χ2n) is 13.8. The maximum absolute atomic E-state index is 3.45. The number of rotatable bonds is 8. The molecule has 0 atom stereocenters. The molecule has 0 fully saturated rings. The van der Waals surface area contributed by atoms with Gasteiger partial charge in [-0.05, 0) is 65.4 Å². The van der Waals surface area contributed by atoms with Crippen molar-refractivity contribution < 1.29 is 21.1 Å². The first kappa shape index (κ1) is 43.9. The van der Waals surface area contributed by atoms with Gasteiger partial charge >= 0.3 is 0 Å². The van der Waals surface area contributed by atoms with Gasteiger partial charge in [-0.15, -0.1) is 5.54 Å². The van der Waals surface area contributed by atoms with Crippen molar-refractivity contribution in [3.63, 3.8) is 0 Å². The number of hydrogen-bond acceptors (Lipinski definition) is 0. The van der Waals surface area contributed by atoms with Gasteiger partial charge in [0, 0.05) is 26.6 Å². The molecule has 288 valence electrons. The SMILES string of the molecule is C[Si](C)(C#Cc1ccccc1)/C=C/c1ccccc1.[Pt].c1ccc(P(c2ccccc2)c2ccccc2)cc1.c1ccc(P(c2ccccc2)c2ccccc2)cc1. The second-order valence-corrected chi connectivity index (χ2v) is 22.2. The van der Waals surface area contributed by atoms with Gasteiger partial charge < -0.3 is 0 Å². The van der Waals surface area contributed by atoms with Crippen molar-refractivity contribution in [3.8, 4) is 11.5 Å². The molecule has 0 bridgehead atoms. The molecule has 0 amide bonds. The Balaban J connectivity index is 0.000000164. The van der Waals surface area contributed by atoms with Gasteiger partial charge in [-0.2, -0.15) is 0 Å². The molecule has 0 heterocycles. The molecular weight excluding hydrogens is 934 g/mol. The number of hydrogen-bond donors (Lipinski definition) is 0. The summed E-state index contributed by atoms with van der Waals surface area (Å²) in [5.74, 6) is 3.28. The zero-order chi connectivity index (χ0) is 39.4. The van der Waals surface area contributed by atoms with Gasteiger partial charge in [0.1, 0.15) is 0 Å². The predicted octanol–water partition coefficient (Wildman–Crippen LogP) is 11.4. The van der Waals surface area contributed by atoms with Gasteiger partial charge in [-0.3, -0.25) is 0 Å². The fourth-order valence-corrected chi connectivity index (χ4v) is 11.8. The molecule has 58 heavy (non-hydrogen) atoms. The Morgan fingerprint density at radius 2 is 0.586 bits per heavy atom. The van der Waals surface area contributed by atoms with Crippen LogP contribution in [0.15, 0.2) is 248 Å². The Kier molecular flexibility index (Phi) is 18.1. The van der Waals surface area contributed by atoms with Crippen LogP contribution in [-0.4, -0.2) is 8.07 Å². The van der Waals surface area contributed by atoms with E-state index >= 15 is 0 Å². The minimum absolute atomic E-state index is 0. The molecule has 0 saturated heterocycles. The van der Waals surface area contributed by atoms with E-state index in [-0.39, 0.29) is 21.1 Å². The quantitative estimate of drug-likeness (QED) is 0.0809. The van der Waals surface area contributed by atoms with Gasteiger partial charge in [0.25, 0.3) is 0 Å². The van der Waals surface area contributed by atoms with E-state index in [1.807, 2.05) is 24.3 Å². The summed E-state index contributed by atoms with van der Waals surface area (Å²) in [6, 6.07) is 85.2. The Morgan fingerprint density at radius 3 is 0.862 bits per heavy atom. The molecule has 8 aromatic rings. The first-order chi connectivity index (χ1) is 28.1. The summed E-state index contributed by atoms with van der Waals surface area (Å²) in [5.41, 5.74) is 8.07. The molecular formula is C54H48P2PtSi. The largest absolute Gasteiger partial charge is 0.156 e. The third kappa shape index (κ3) is 14.0. The molecule has 0 aromatic heterocycles. The van der Waals surface area contributed by atoms with Crippen LogP contribution in [-0.2, 0) is 21.1 Å². The molecule has 0 spiro atoms. The Hall–Kier alpha value is -5.17. The topological polar surface area (TPSA) is 0 Å². The third-order valence-corrected chi connectivity index (χ3v) is 15.5. The van der Waals surface area contributed by atoms with Crippen molar-refractivity contribution in [2.75, 3.05) is 0 Å². The summed E-state index contributed by atoms with van der Waals surface area (Å²) < 4.78 is 0. The summed E-state index contributed by atoms with van der Waals surface area (Å²) in [6.07, 6.45) is 2.19. The van der Waals surface area contributed by atoms with Crippen molar-refractivity contribution in [1.29, 1.82) is 0 Å². The molecule has 4 heteroatoms. The van der Waals surface area contributed by atoms with Crippen LogP contribution in [0, 0.1) is 11.5 Å². The molecule has 8 rings (SSSR count). The summed E-state index contributed by atoms with van der Waals surface area (Å²) in [5, 5.41) is 8.39. The van der Waals surface area contributed by atoms with Crippen LogP contribution >= 0.6 is 15.8 Å². The maximum atomic E-state index is 3.45. The molecule has 0 aliphatic rings. The molecule has 0 aliphatic heterocycles. The van der Waals surface area contributed by atoms with E-state index in [9.17, 15) is 0 Å². The molecule has 0 nitrogen and oxygen atoms in total. The van der Waals surface area contributed by atoms with Crippen LogP contribution in [0.3, 0.4) is 0 Å². The van der Waals surface area contributed by atoms with E-state index in [1.54, 1.807) is 0 Å². The second kappa shape index (κ2) is 23.9. The third-order valence-electron chi connectivity index (χ3n) is 8.88. The first-order valence-corrected chi connectivity index (χ1v) is 25.0. The molecule has 0 saturated carbocycles. The molecule has 0 N–H and O–H groups in total. The molecule has 0 unspecified atom stereocenters. The van der Waals surface area contributed by atoms with Crippen LogP contribution in [0.1, 0.15) is 11.1 Å².